The van der Waals surface area contributed by atoms with Gasteiger partial charge in [-0.1, -0.05) is 0 Å². The summed E-state index contributed by atoms with van der Waals surface area (Å²) in [7, 11) is 1.50. The smallest absolute Gasteiger partial charge is 0.461 e. The lowest BCUT2D eigenvalue weighted by Gasteiger charge is -2.32. The Hall–Kier alpha value is -0.475. The van der Waals surface area contributed by atoms with Crippen LogP contribution in [0.2, 0.25) is 6.32 Å². The zero-order valence-corrected chi connectivity index (χ0v) is 10.6. The molecular formula is C11H21BO3. The number of ether oxygens (including phenoxy) is 1. The van der Waals surface area contributed by atoms with Crippen LogP contribution in [0.5, 0.6) is 0 Å². The van der Waals surface area contributed by atoms with Crippen LogP contribution >= 0.6 is 0 Å². The molecule has 0 radical (unpaired) electrons. The largest absolute Gasteiger partial charge is 0.502 e. The normalized spacial score (nSPS) is 24.4. The van der Waals surface area contributed by atoms with Gasteiger partial charge in [0.15, 0.2) is 0 Å². The summed E-state index contributed by atoms with van der Waals surface area (Å²) in [5.41, 5.74) is -0.487. The van der Waals surface area contributed by atoms with Crippen molar-refractivity contribution in [3.8, 4) is 0 Å². The molecule has 0 amide bonds. The van der Waals surface area contributed by atoms with Crippen LogP contribution in [0.15, 0.2) is 11.8 Å². The molecule has 1 aliphatic heterocycles. The summed E-state index contributed by atoms with van der Waals surface area (Å²) >= 11 is 0. The van der Waals surface area contributed by atoms with Crippen molar-refractivity contribution in [1.29, 1.82) is 0 Å². The molecule has 0 spiro atoms. The van der Waals surface area contributed by atoms with E-state index in [1.165, 1.54) is 0 Å². The molecule has 4 heteroatoms. The average Bonchev–Trinajstić information content (AvgIpc) is 2.31. The van der Waals surface area contributed by atoms with E-state index in [0.29, 0.717) is 0 Å². The molecular weight excluding hydrogens is 191 g/mol. The molecule has 0 aromatic carbocycles. The number of hydrogen-bond donors (Lipinski definition) is 0. The van der Waals surface area contributed by atoms with Crippen LogP contribution in [0.4, 0.5) is 0 Å². The van der Waals surface area contributed by atoms with E-state index in [1.807, 2.05) is 13.0 Å². The maximum atomic E-state index is 5.84. The molecule has 1 aliphatic rings. The molecule has 86 valence electrons. The van der Waals surface area contributed by atoms with Crippen molar-refractivity contribution in [3.05, 3.63) is 11.8 Å². The first-order valence-electron chi connectivity index (χ1n) is 5.35. The minimum atomic E-state index is -0.244. The molecule has 15 heavy (non-hydrogen) atoms. The molecule has 0 atom stereocenters. The highest BCUT2D eigenvalue weighted by molar-refractivity contribution is 6.46. The second-order valence-electron chi connectivity index (χ2n) is 4.94. The summed E-state index contributed by atoms with van der Waals surface area (Å²) in [6.07, 6.45) is 2.72. The highest BCUT2D eigenvalue weighted by Gasteiger charge is 2.50. The molecule has 0 aromatic heterocycles. The van der Waals surface area contributed by atoms with Crippen LogP contribution in [0.25, 0.3) is 0 Å². The van der Waals surface area contributed by atoms with Crippen molar-refractivity contribution in [2.75, 3.05) is 7.11 Å². The van der Waals surface area contributed by atoms with Gasteiger partial charge in [0.1, 0.15) is 0 Å². The zero-order valence-electron chi connectivity index (χ0n) is 10.6. The quantitative estimate of drug-likeness (QED) is 0.531. The number of methoxy groups -OCH3 is 1. The molecule has 0 aliphatic carbocycles. The van der Waals surface area contributed by atoms with E-state index in [4.69, 9.17) is 14.0 Å². The fourth-order valence-electron chi connectivity index (χ4n) is 1.41. The molecule has 0 unspecified atom stereocenters. The predicted molar refractivity (Wildman–Crippen MR) is 61.7 cm³/mol. The molecule has 1 saturated heterocycles. The number of rotatable bonds is 3. The molecule has 0 N–H and O–H groups in total. The molecule has 1 fully saturated rings. The molecule has 0 saturated carbocycles. The predicted octanol–water partition coefficient (Wildman–Crippen LogP) is 2.63. The van der Waals surface area contributed by atoms with Crippen molar-refractivity contribution in [2.24, 2.45) is 0 Å². The van der Waals surface area contributed by atoms with Crippen molar-refractivity contribution < 1.29 is 14.0 Å². The van der Waals surface area contributed by atoms with Gasteiger partial charge in [-0.25, -0.2) is 0 Å². The van der Waals surface area contributed by atoms with E-state index >= 15 is 0 Å². The summed E-state index contributed by atoms with van der Waals surface area (Å²) in [5.74, 6) is 0.893. The van der Waals surface area contributed by atoms with Gasteiger partial charge in [-0.05, 0) is 40.7 Å². The topological polar surface area (TPSA) is 27.7 Å². The minimum absolute atomic E-state index is 0.167. The van der Waals surface area contributed by atoms with Crippen LogP contribution in [0.3, 0.4) is 0 Å². The Kier molecular flexibility index (Phi) is 3.51. The Morgan fingerprint density at radius 2 is 1.67 bits per heavy atom. The molecule has 0 bridgehead atoms. The third-order valence-electron chi connectivity index (χ3n) is 3.22. The summed E-state index contributed by atoms with van der Waals surface area (Å²) < 4.78 is 16.7. The Bertz CT molecular complexity index is 243. The first-order chi connectivity index (χ1) is 6.78. The van der Waals surface area contributed by atoms with E-state index in [1.54, 1.807) is 7.11 Å². The van der Waals surface area contributed by atoms with Crippen LogP contribution in [-0.4, -0.2) is 25.4 Å². The molecule has 1 heterocycles. The summed E-state index contributed by atoms with van der Waals surface area (Å²) in [6.45, 7) is 10.1. The van der Waals surface area contributed by atoms with Gasteiger partial charge in [0.05, 0.1) is 24.1 Å². The van der Waals surface area contributed by atoms with Crippen molar-refractivity contribution in [1.82, 2.24) is 0 Å². The fourth-order valence-corrected chi connectivity index (χ4v) is 1.41. The van der Waals surface area contributed by atoms with Crippen molar-refractivity contribution >= 4 is 7.12 Å². The Balaban J connectivity index is 2.57. The molecule has 0 aromatic rings. The first kappa shape index (κ1) is 12.6. The maximum absolute atomic E-state index is 5.84. The highest BCUT2D eigenvalue weighted by Crippen LogP contribution is 2.37. The molecule has 3 nitrogen and oxygen atoms in total. The van der Waals surface area contributed by atoms with E-state index in [0.717, 1.165) is 12.1 Å². The SMILES string of the molecule is CO/C(C)=C/CB1OC(C)(C)C(C)(C)O1. The average molecular weight is 212 g/mol. The standard InChI is InChI=1S/C11H21BO3/c1-9(13-6)7-8-12-14-10(2,3)11(4,5)15-12/h7H,8H2,1-6H3/b9-7+. The second-order valence-corrected chi connectivity index (χ2v) is 4.94. The Labute approximate surface area is 92.9 Å². The lowest BCUT2D eigenvalue weighted by atomic mass is 9.85. The van der Waals surface area contributed by atoms with Crippen LogP contribution in [0.1, 0.15) is 34.6 Å². The Morgan fingerprint density at radius 1 is 1.20 bits per heavy atom. The maximum Gasteiger partial charge on any atom is 0.461 e. The van der Waals surface area contributed by atoms with Gasteiger partial charge in [0, 0.05) is 6.32 Å². The van der Waals surface area contributed by atoms with Crippen LogP contribution in [-0.2, 0) is 14.0 Å². The van der Waals surface area contributed by atoms with E-state index in [-0.39, 0.29) is 18.3 Å². The van der Waals surface area contributed by atoms with E-state index in [9.17, 15) is 0 Å². The minimum Gasteiger partial charge on any atom is -0.502 e. The zero-order chi connectivity index (χ0) is 11.7. The Morgan fingerprint density at radius 3 is 2.07 bits per heavy atom. The fraction of sp³-hybridized carbons (Fsp3) is 0.818. The van der Waals surface area contributed by atoms with Gasteiger partial charge in [0.2, 0.25) is 0 Å². The number of hydrogen-bond acceptors (Lipinski definition) is 3. The lowest BCUT2D eigenvalue weighted by Crippen LogP contribution is -2.41. The van der Waals surface area contributed by atoms with Gasteiger partial charge in [0.25, 0.3) is 0 Å². The number of allylic oxidation sites excluding steroid dienone is 2. The third kappa shape index (κ3) is 2.76. The summed E-state index contributed by atoms with van der Waals surface area (Å²) in [4.78, 5) is 0. The lowest BCUT2D eigenvalue weighted by molar-refractivity contribution is 0.00578. The van der Waals surface area contributed by atoms with Crippen LogP contribution < -0.4 is 0 Å². The van der Waals surface area contributed by atoms with E-state index < -0.39 is 0 Å². The van der Waals surface area contributed by atoms with Gasteiger partial charge in [-0.2, -0.15) is 0 Å². The van der Waals surface area contributed by atoms with Gasteiger partial charge < -0.3 is 14.0 Å². The monoisotopic (exact) mass is 212 g/mol. The summed E-state index contributed by atoms with van der Waals surface area (Å²) in [5, 5.41) is 0. The molecule has 1 rings (SSSR count). The van der Waals surface area contributed by atoms with Gasteiger partial charge in [-0.15, -0.1) is 0 Å². The highest BCUT2D eigenvalue weighted by atomic mass is 16.7. The summed E-state index contributed by atoms with van der Waals surface area (Å²) in [6, 6.07) is 0. The first-order valence-corrected chi connectivity index (χ1v) is 5.35. The van der Waals surface area contributed by atoms with E-state index in [2.05, 4.69) is 27.7 Å². The van der Waals surface area contributed by atoms with Crippen molar-refractivity contribution in [3.63, 3.8) is 0 Å². The third-order valence-corrected chi connectivity index (χ3v) is 3.22. The van der Waals surface area contributed by atoms with Gasteiger partial charge >= 0.3 is 7.12 Å². The second kappa shape index (κ2) is 4.18. The van der Waals surface area contributed by atoms with Crippen LogP contribution in [0, 0.1) is 0 Å². The van der Waals surface area contributed by atoms with Crippen molar-refractivity contribution in [2.45, 2.75) is 52.1 Å². The van der Waals surface area contributed by atoms with Gasteiger partial charge in [-0.3, -0.25) is 0 Å².